The molecule has 5 heteroatoms. The minimum absolute atomic E-state index is 0. The van der Waals surface area contributed by atoms with Crippen molar-refractivity contribution in [3.8, 4) is 0 Å². The number of aliphatic carboxylic acids is 1. The van der Waals surface area contributed by atoms with E-state index in [1.807, 2.05) is 11.3 Å². The van der Waals surface area contributed by atoms with Crippen LogP contribution in [0.15, 0.2) is 36.4 Å². The highest BCUT2D eigenvalue weighted by molar-refractivity contribution is 7.12. The van der Waals surface area contributed by atoms with Gasteiger partial charge in [0.25, 0.3) is 0 Å². The van der Waals surface area contributed by atoms with Gasteiger partial charge in [-0.2, -0.15) is 0 Å². The Labute approximate surface area is 157 Å². The first-order chi connectivity index (χ1) is 11.6. The number of carboxylic acids is 1. The van der Waals surface area contributed by atoms with E-state index in [1.165, 1.54) is 20.9 Å². The van der Waals surface area contributed by atoms with Gasteiger partial charge in [0.2, 0.25) is 0 Å². The molecule has 2 fully saturated rings. The summed E-state index contributed by atoms with van der Waals surface area (Å²) in [4.78, 5) is 15.2. The third-order valence-electron chi connectivity index (χ3n) is 6.83. The van der Waals surface area contributed by atoms with E-state index in [2.05, 4.69) is 48.6 Å². The molecule has 0 spiro atoms. The van der Waals surface area contributed by atoms with E-state index in [0.29, 0.717) is 6.54 Å². The number of benzene rings is 1. The Morgan fingerprint density at radius 3 is 2.80 bits per heavy atom. The summed E-state index contributed by atoms with van der Waals surface area (Å²) in [6, 6.07) is 13.0. The Hall–Kier alpha value is -1.36. The topological polar surface area (TPSA) is 49.3 Å². The molecule has 2 aromatic rings. The summed E-state index contributed by atoms with van der Waals surface area (Å²) in [6.45, 7) is 3.54. The molecule has 1 aliphatic heterocycles. The van der Waals surface area contributed by atoms with E-state index < -0.39 is 11.4 Å². The fourth-order valence-electron chi connectivity index (χ4n) is 5.95. The van der Waals surface area contributed by atoms with Gasteiger partial charge in [-0.25, -0.2) is 0 Å². The molecule has 4 atom stereocenters. The molecular weight excluding hydrogens is 354 g/mol. The number of hydrogen-bond donors (Lipinski definition) is 2. The zero-order valence-electron chi connectivity index (χ0n) is 14.1. The second kappa shape index (κ2) is 5.57. The summed E-state index contributed by atoms with van der Waals surface area (Å²) in [5, 5.41) is 13.7. The maximum absolute atomic E-state index is 12.5. The molecule has 0 radical (unpaired) electrons. The van der Waals surface area contributed by atoms with Gasteiger partial charge in [0.1, 0.15) is 0 Å². The zero-order chi connectivity index (χ0) is 16.5. The summed E-state index contributed by atoms with van der Waals surface area (Å²) in [6.07, 6.45) is 2.04. The van der Waals surface area contributed by atoms with E-state index in [4.69, 9.17) is 0 Å². The van der Waals surface area contributed by atoms with Gasteiger partial charge >= 0.3 is 5.97 Å². The van der Waals surface area contributed by atoms with Crippen molar-refractivity contribution in [1.82, 2.24) is 5.32 Å². The highest BCUT2D eigenvalue weighted by Gasteiger charge is 2.69. The van der Waals surface area contributed by atoms with E-state index in [0.717, 1.165) is 19.4 Å². The lowest BCUT2D eigenvalue weighted by Crippen LogP contribution is -2.60. The predicted octanol–water partition coefficient (Wildman–Crippen LogP) is 3.95. The monoisotopic (exact) mass is 375 g/mol. The van der Waals surface area contributed by atoms with Gasteiger partial charge in [-0.05, 0) is 43.0 Å². The fraction of sp³-hybridized carbons (Fsp3) is 0.450. The lowest BCUT2D eigenvalue weighted by Gasteiger charge is -2.59. The Kier molecular flexibility index (Phi) is 3.80. The molecule has 1 saturated carbocycles. The number of aryl methyl sites for hydroxylation is 1. The fourth-order valence-corrected chi connectivity index (χ4v) is 7.11. The first kappa shape index (κ1) is 17.1. The SMILES string of the molecule is Cc1ccc(C23CCC(c4ccccc42)C2(C(=O)O)CNCC32)s1.Cl. The number of carbonyl (C=O) groups is 1. The van der Waals surface area contributed by atoms with Gasteiger partial charge < -0.3 is 10.4 Å². The largest absolute Gasteiger partial charge is 0.481 e. The summed E-state index contributed by atoms with van der Waals surface area (Å²) >= 11 is 1.84. The van der Waals surface area contributed by atoms with Crippen LogP contribution in [-0.4, -0.2) is 24.2 Å². The molecule has 4 unspecified atom stereocenters. The smallest absolute Gasteiger partial charge is 0.311 e. The van der Waals surface area contributed by atoms with Crippen molar-refractivity contribution in [1.29, 1.82) is 0 Å². The average molecular weight is 376 g/mol. The molecular formula is C20H22ClNO2S. The lowest BCUT2D eigenvalue weighted by atomic mass is 9.43. The van der Waals surface area contributed by atoms with Crippen molar-refractivity contribution < 1.29 is 9.90 Å². The maximum atomic E-state index is 12.5. The quantitative estimate of drug-likeness (QED) is 0.835. The number of carboxylic acid groups (broad SMARTS) is 1. The van der Waals surface area contributed by atoms with Crippen LogP contribution in [0, 0.1) is 18.3 Å². The highest BCUT2D eigenvalue weighted by atomic mass is 35.5. The second-order valence-corrected chi connectivity index (χ2v) is 8.88. The molecule has 3 aliphatic carbocycles. The van der Waals surface area contributed by atoms with Crippen molar-refractivity contribution >= 4 is 29.7 Å². The normalized spacial score (nSPS) is 34.9. The van der Waals surface area contributed by atoms with Gasteiger partial charge in [0.15, 0.2) is 0 Å². The van der Waals surface area contributed by atoms with Crippen LogP contribution in [-0.2, 0) is 10.2 Å². The molecule has 132 valence electrons. The number of fused-ring (bicyclic) bond motifs is 1. The minimum atomic E-state index is -0.662. The minimum Gasteiger partial charge on any atom is -0.481 e. The summed E-state index contributed by atoms with van der Waals surface area (Å²) < 4.78 is 0. The number of hydrogen-bond acceptors (Lipinski definition) is 3. The number of rotatable bonds is 2. The molecule has 2 N–H and O–H groups in total. The molecule has 2 bridgehead atoms. The highest BCUT2D eigenvalue weighted by Crippen LogP contribution is 2.68. The first-order valence-corrected chi connectivity index (χ1v) is 9.53. The Morgan fingerprint density at radius 1 is 1.28 bits per heavy atom. The van der Waals surface area contributed by atoms with Crippen LogP contribution in [0.4, 0.5) is 0 Å². The van der Waals surface area contributed by atoms with E-state index in [1.54, 1.807) is 0 Å². The number of thiophene rings is 1. The summed E-state index contributed by atoms with van der Waals surface area (Å²) in [5.74, 6) is -0.349. The van der Waals surface area contributed by atoms with Crippen LogP contribution in [0.1, 0.15) is 39.6 Å². The van der Waals surface area contributed by atoms with Crippen LogP contribution in [0.3, 0.4) is 0 Å². The van der Waals surface area contributed by atoms with Crippen molar-refractivity contribution in [2.75, 3.05) is 13.1 Å². The van der Waals surface area contributed by atoms with Gasteiger partial charge in [-0.3, -0.25) is 4.79 Å². The van der Waals surface area contributed by atoms with Crippen molar-refractivity contribution in [3.63, 3.8) is 0 Å². The predicted molar refractivity (Wildman–Crippen MR) is 102 cm³/mol. The molecule has 2 heterocycles. The van der Waals surface area contributed by atoms with E-state index in [9.17, 15) is 9.90 Å². The van der Waals surface area contributed by atoms with Crippen molar-refractivity contribution in [2.24, 2.45) is 11.3 Å². The van der Waals surface area contributed by atoms with Crippen molar-refractivity contribution in [2.45, 2.75) is 31.1 Å². The molecule has 1 aromatic carbocycles. The maximum Gasteiger partial charge on any atom is 0.311 e. The standard InChI is InChI=1S/C20H21NO2S.ClH/c1-12-6-7-17(24-12)19-9-8-15(13-4-2-3-5-14(13)19)20(18(22)23)11-21-10-16(19)20;/h2-7,15-16,21H,8-11H2,1H3,(H,22,23);1H. The number of halogens is 1. The van der Waals surface area contributed by atoms with Gasteiger partial charge in [0, 0.05) is 40.1 Å². The second-order valence-electron chi connectivity index (χ2n) is 7.59. The number of nitrogens with one attached hydrogen (secondary N) is 1. The van der Waals surface area contributed by atoms with Crippen LogP contribution in [0.25, 0.3) is 0 Å². The zero-order valence-corrected chi connectivity index (χ0v) is 15.8. The van der Waals surface area contributed by atoms with Crippen molar-refractivity contribution in [3.05, 3.63) is 57.3 Å². The van der Waals surface area contributed by atoms with E-state index >= 15 is 0 Å². The molecule has 25 heavy (non-hydrogen) atoms. The Morgan fingerprint density at radius 2 is 2.08 bits per heavy atom. The van der Waals surface area contributed by atoms with Crippen LogP contribution < -0.4 is 5.32 Å². The average Bonchev–Trinajstić information content (AvgIpc) is 3.23. The molecule has 1 aromatic heterocycles. The van der Waals surface area contributed by atoms with E-state index in [-0.39, 0.29) is 29.7 Å². The molecule has 4 aliphatic rings. The Balaban J connectivity index is 0.00000157. The summed E-state index contributed by atoms with van der Waals surface area (Å²) in [7, 11) is 0. The van der Waals surface area contributed by atoms with Gasteiger partial charge in [-0.1, -0.05) is 24.3 Å². The van der Waals surface area contributed by atoms with Gasteiger partial charge in [-0.15, -0.1) is 23.7 Å². The van der Waals surface area contributed by atoms with Crippen LogP contribution in [0.2, 0.25) is 0 Å². The molecule has 3 nitrogen and oxygen atoms in total. The Bertz CT molecular complexity index is 850. The first-order valence-electron chi connectivity index (χ1n) is 8.71. The summed E-state index contributed by atoms with van der Waals surface area (Å²) in [5.41, 5.74) is 1.85. The third kappa shape index (κ3) is 1.88. The van der Waals surface area contributed by atoms with Crippen LogP contribution in [0.5, 0.6) is 0 Å². The third-order valence-corrected chi connectivity index (χ3v) is 8.01. The lowest BCUT2D eigenvalue weighted by molar-refractivity contribution is -0.157. The van der Waals surface area contributed by atoms with Gasteiger partial charge in [0.05, 0.1) is 5.41 Å². The molecule has 0 amide bonds. The molecule has 1 saturated heterocycles. The van der Waals surface area contributed by atoms with Crippen LogP contribution >= 0.6 is 23.7 Å². The molecule has 6 rings (SSSR count).